The average Bonchev–Trinajstić information content (AvgIpc) is 3.21. The molecule has 2 heterocycles. The van der Waals surface area contributed by atoms with Crippen LogP contribution in [0.1, 0.15) is 0 Å². The van der Waals surface area contributed by atoms with Crippen LogP contribution in [0.25, 0.3) is 28.2 Å². The maximum atomic E-state index is 5.51. The van der Waals surface area contributed by atoms with Crippen molar-refractivity contribution in [3.63, 3.8) is 0 Å². The molecule has 0 amide bonds. The van der Waals surface area contributed by atoms with Crippen LogP contribution in [0, 0.1) is 0 Å². The zero-order valence-electron chi connectivity index (χ0n) is 16.7. The number of nitrogens with zero attached hydrogens (tertiary/aromatic N) is 3. The fraction of sp³-hybridized carbons (Fsp3) is 0.182. The third kappa shape index (κ3) is 3.20. The van der Waals surface area contributed by atoms with Crippen molar-refractivity contribution in [2.24, 2.45) is 0 Å². The molecule has 0 saturated heterocycles. The first-order valence-corrected chi connectivity index (χ1v) is 8.98. The standard InChI is InChI=1S/C22H21N3O4/c1-26-17-8-6-5-7-16(17)14-9-10-20-23-24-22(25(20)13-14)15-11-18(27-2)21(29-4)19(12-15)28-3/h5-13H,1-4H3. The molecule has 0 spiro atoms. The molecule has 0 aliphatic carbocycles. The van der Waals surface area contributed by atoms with E-state index in [1.165, 1.54) is 0 Å². The van der Waals surface area contributed by atoms with Gasteiger partial charge in [-0.2, -0.15) is 0 Å². The van der Waals surface area contributed by atoms with Crippen LogP contribution in [-0.4, -0.2) is 43.0 Å². The fourth-order valence-corrected chi connectivity index (χ4v) is 3.34. The Bertz CT molecular complexity index is 1140. The lowest BCUT2D eigenvalue weighted by molar-refractivity contribution is 0.324. The van der Waals surface area contributed by atoms with Crippen LogP contribution in [0.4, 0.5) is 0 Å². The van der Waals surface area contributed by atoms with Gasteiger partial charge in [0, 0.05) is 22.9 Å². The molecule has 0 fully saturated rings. The number of fused-ring (bicyclic) bond motifs is 1. The molecule has 2 aromatic heterocycles. The summed E-state index contributed by atoms with van der Waals surface area (Å²) in [6.07, 6.45) is 1.99. The molecule has 0 bridgehead atoms. The van der Waals surface area contributed by atoms with Crippen LogP contribution in [0.2, 0.25) is 0 Å². The number of rotatable bonds is 6. The van der Waals surface area contributed by atoms with Crippen LogP contribution in [0.15, 0.2) is 54.7 Å². The normalized spacial score (nSPS) is 10.8. The summed E-state index contributed by atoms with van der Waals surface area (Å²) < 4.78 is 23.8. The second kappa shape index (κ2) is 7.71. The van der Waals surface area contributed by atoms with Crippen molar-refractivity contribution in [2.75, 3.05) is 28.4 Å². The number of hydrogen-bond acceptors (Lipinski definition) is 6. The minimum atomic E-state index is 0.530. The molecule has 2 aromatic carbocycles. The predicted molar refractivity (Wildman–Crippen MR) is 110 cm³/mol. The van der Waals surface area contributed by atoms with Gasteiger partial charge >= 0.3 is 0 Å². The maximum absolute atomic E-state index is 5.51. The number of pyridine rings is 1. The van der Waals surface area contributed by atoms with Crippen LogP contribution in [0.5, 0.6) is 23.0 Å². The Morgan fingerprint density at radius 1 is 0.690 bits per heavy atom. The fourth-order valence-electron chi connectivity index (χ4n) is 3.34. The first kappa shape index (κ1) is 18.6. The lowest BCUT2D eigenvalue weighted by Gasteiger charge is -2.14. The number of para-hydroxylation sites is 1. The lowest BCUT2D eigenvalue weighted by atomic mass is 10.1. The van der Waals surface area contributed by atoms with E-state index in [2.05, 4.69) is 10.2 Å². The smallest absolute Gasteiger partial charge is 0.203 e. The molecule has 0 radical (unpaired) electrons. The molecule has 0 aliphatic rings. The summed E-state index contributed by atoms with van der Waals surface area (Å²) in [5.74, 6) is 3.10. The van der Waals surface area contributed by atoms with Gasteiger partial charge in [-0.3, -0.25) is 4.40 Å². The van der Waals surface area contributed by atoms with E-state index in [0.717, 1.165) is 28.1 Å². The van der Waals surface area contributed by atoms with Gasteiger partial charge in [-0.25, -0.2) is 0 Å². The van der Waals surface area contributed by atoms with E-state index in [0.29, 0.717) is 23.1 Å². The van der Waals surface area contributed by atoms with Gasteiger partial charge in [-0.15, -0.1) is 10.2 Å². The van der Waals surface area contributed by atoms with Crippen LogP contribution in [0.3, 0.4) is 0 Å². The summed E-state index contributed by atoms with van der Waals surface area (Å²) >= 11 is 0. The molecule has 0 saturated carbocycles. The number of aromatic nitrogens is 3. The number of methoxy groups -OCH3 is 4. The molecule has 0 unspecified atom stereocenters. The van der Waals surface area contributed by atoms with Gasteiger partial charge in [-0.05, 0) is 30.3 Å². The highest BCUT2D eigenvalue weighted by atomic mass is 16.5. The SMILES string of the molecule is COc1ccccc1-c1ccc2nnc(-c3cc(OC)c(OC)c(OC)c3)n2c1. The Morgan fingerprint density at radius 3 is 2.03 bits per heavy atom. The van der Waals surface area contributed by atoms with Gasteiger partial charge < -0.3 is 18.9 Å². The molecule has 4 rings (SSSR count). The van der Waals surface area contributed by atoms with Crippen molar-refractivity contribution < 1.29 is 18.9 Å². The molecule has 7 nitrogen and oxygen atoms in total. The summed E-state index contributed by atoms with van der Waals surface area (Å²) in [4.78, 5) is 0. The first-order valence-electron chi connectivity index (χ1n) is 8.98. The van der Waals surface area contributed by atoms with Crippen molar-refractivity contribution >= 4 is 5.65 Å². The maximum Gasteiger partial charge on any atom is 0.203 e. The van der Waals surface area contributed by atoms with E-state index in [1.807, 2.05) is 59.1 Å². The van der Waals surface area contributed by atoms with Crippen molar-refractivity contribution in [3.05, 3.63) is 54.7 Å². The minimum Gasteiger partial charge on any atom is -0.496 e. The zero-order valence-corrected chi connectivity index (χ0v) is 16.7. The van der Waals surface area contributed by atoms with Crippen LogP contribution in [-0.2, 0) is 0 Å². The molecule has 148 valence electrons. The Hall–Kier alpha value is -3.74. The zero-order chi connectivity index (χ0) is 20.4. The van der Waals surface area contributed by atoms with Gasteiger partial charge in [0.25, 0.3) is 0 Å². The van der Waals surface area contributed by atoms with Crippen molar-refractivity contribution in [1.82, 2.24) is 14.6 Å². The van der Waals surface area contributed by atoms with Crippen molar-refractivity contribution in [2.45, 2.75) is 0 Å². The molecule has 0 aliphatic heterocycles. The summed E-state index contributed by atoms with van der Waals surface area (Å²) in [5.41, 5.74) is 3.50. The summed E-state index contributed by atoms with van der Waals surface area (Å²) in [6, 6.07) is 15.5. The second-order valence-electron chi connectivity index (χ2n) is 6.28. The van der Waals surface area contributed by atoms with Gasteiger partial charge in [-0.1, -0.05) is 18.2 Å². The average molecular weight is 391 g/mol. The highest BCUT2D eigenvalue weighted by Gasteiger charge is 2.18. The largest absolute Gasteiger partial charge is 0.496 e. The Labute approximate surface area is 168 Å². The van der Waals surface area contributed by atoms with Crippen LogP contribution >= 0.6 is 0 Å². The molecule has 4 aromatic rings. The van der Waals surface area contributed by atoms with Crippen LogP contribution < -0.4 is 18.9 Å². The van der Waals surface area contributed by atoms with Gasteiger partial charge in [0.15, 0.2) is 23.0 Å². The summed E-state index contributed by atoms with van der Waals surface area (Å²) in [5, 5.41) is 8.67. The highest BCUT2D eigenvalue weighted by molar-refractivity contribution is 5.73. The molecule has 7 heteroatoms. The molecule has 0 atom stereocenters. The van der Waals surface area contributed by atoms with Gasteiger partial charge in [0.1, 0.15) is 5.75 Å². The highest BCUT2D eigenvalue weighted by Crippen LogP contribution is 2.41. The van der Waals surface area contributed by atoms with E-state index in [-0.39, 0.29) is 0 Å². The van der Waals surface area contributed by atoms with Gasteiger partial charge in [0.2, 0.25) is 5.75 Å². The van der Waals surface area contributed by atoms with E-state index >= 15 is 0 Å². The van der Waals surface area contributed by atoms with Crippen molar-refractivity contribution in [3.8, 4) is 45.5 Å². The predicted octanol–water partition coefficient (Wildman–Crippen LogP) is 4.10. The number of ether oxygens (including phenoxy) is 4. The van der Waals surface area contributed by atoms with Gasteiger partial charge in [0.05, 0.1) is 28.4 Å². The topological polar surface area (TPSA) is 67.1 Å². The Balaban J connectivity index is 1.90. The van der Waals surface area contributed by atoms with E-state index in [9.17, 15) is 0 Å². The molecule has 0 N–H and O–H groups in total. The lowest BCUT2D eigenvalue weighted by Crippen LogP contribution is -1.97. The third-order valence-corrected chi connectivity index (χ3v) is 4.74. The minimum absolute atomic E-state index is 0.530. The summed E-state index contributed by atoms with van der Waals surface area (Å²) in [6.45, 7) is 0. The molecular weight excluding hydrogens is 370 g/mol. The monoisotopic (exact) mass is 391 g/mol. The van der Waals surface area contributed by atoms with E-state index in [4.69, 9.17) is 18.9 Å². The summed E-state index contributed by atoms with van der Waals surface area (Å²) in [7, 11) is 6.41. The first-order chi connectivity index (χ1) is 14.2. The van der Waals surface area contributed by atoms with E-state index < -0.39 is 0 Å². The second-order valence-corrected chi connectivity index (χ2v) is 6.28. The quantitative estimate of drug-likeness (QED) is 0.493. The molecule has 29 heavy (non-hydrogen) atoms. The molecular formula is C22H21N3O4. The number of benzene rings is 2. The Morgan fingerprint density at radius 2 is 1.38 bits per heavy atom. The number of hydrogen-bond donors (Lipinski definition) is 0. The van der Waals surface area contributed by atoms with E-state index in [1.54, 1.807) is 28.4 Å². The Kier molecular flexibility index (Phi) is 4.95. The third-order valence-electron chi connectivity index (χ3n) is 4.74. The van der Waals surface area contributed by atoms with Crippen molar-refractivity contribution in [1.29, 1.82) is 0 Å².